The molecule has 0 spiro atoms. The standard InChI is InChI=1S/C10H11F3O2S/c1-3-14-9-6-7(16-2)4-5-8(9)15-10(11,12)13/h4-6H,3H2,1-2H3. The van der Waals surface area contributed by atoms with Crippen LogP contribution in [0, 0.1) is 0 Å². The first-order chi connectivity index (χ1) is 7.46. The van der Waals surface area contributed by atoms with Gasteiger partial charge >= 0.3 is 6.36 Å². The summed E-state index contributed by atoms with van der Waals surface area (Å²) >= 11 is 1.42. The van der Waals surface area contributed by atoms with Crippen LogP contribution in [0.1, 0.15) is 6.92 Å². The first-order valence-electron chi connectivity index (χ1n) is 4.53. The lowest BCUT2D eigenvalue weighted by Gasteiger charge is -2.14. The zero-order chi connectivity index (χ0) is 12.2. The van der Waals surface area contributed by atoms with Crippen LogP contribution in [0.2, 0.25) is 0 Å². The lowest BCUT2D eigenvalue weighted by Crippen LogP contribution is -2.17. The second kappa shape index (κ2) is 5.34. The molecular formula is C10H11F3O2S. The first kappa shape index (κ1) is 13.0. The maximum atomic E-state index is 12.1. The predicted octanol–water partition coefficient (Wildman–Crippen LogP) is 3.71. The van der Waals surface area contributed by atoms with E-state index in [0.29, 0.717) is 0 Å². The van der Waals surface area contributed by atoms with E-state index in [9.17, 15) is 13.2 Å². The van der Waals surface area contributed by atoms with Crippen LogP contribution in [0.25, 0.3) is 0 Å². The van der Waals surface area contributed by atoms with Gasteiger partial charge in [-0.2, -0.15) is 0 Å². The average molecular weight is 252 g/mol. The third-order valence-corrected chi connectivity index (χ3v) is 2.40. The van der Waals surface area contributed by atoms with Gasteiger partial charge in [0, 0.05) is 4.90 Å². The van der Waals surface area contributed by atoms with Crippen molar-refractivity contribution in [1.82, 2.24) is 0 Å². The monoisotopic (exact) mass is 252 g/mol. The topological polar surface area (TPSA) is 18.5 Å². The highest BCUT2D eigenvalue weighted by Gasteiger charge is 2.32. The smallest absolute Gasteiger partial charge is 0.490 e. The zero-order valence-electron chi connectivity index (χ0n) is 8.80. The second-order valence-corrected chi connectivity index (χ2v) is 3.67. The quantitative estimate of drug-likeness (QED) is 0.761. The first-order valence-corrected chi connectivity index (χ1v) is 5.75. The number of ether oxygens (including phenoxy) is 2. The van der Waals surface area contributed by atoms with Crippen LogP contribution >= 0.6 is 11.8 Å². The molecule has 0 aliphatic heterocycles. The number of halogens is 3. The van der Waals surface area contributed by atoms with E-state index in [0.717, 1.165) is 4.90 Å². The van der Waals surface area contributed by atoms with Crippen LogP contribution in [-0.4, -0.2) is 19.2 Å². The van der Waals surface area contributed by atoms with Crippen LogP contribution in [0.3, 0.4) is 0 Å². The van der Waals surface area contributed by atoms with E-state index in [1.165, 1.54) is 23.9 Å². The van der Waals surface area contributed by atoms with E-state index in [4.69, 9.17) is 4.74 Å². The molecule has 1 rings (SSSR count). The fourth-order valence-corrected chi connectivity index (χ4v) is 1.52. The lowest BCUT2D eigenvalue weighted by molar-refractivity contribution is -0.275. The minimum Gasteiger partial charge on any atom is -0.490 e. The van der Waals surface area contributed by atoms with Gasteiger partial charge in [-0.1, -0.05) is 0 Å². The molecule has 1 aromatic rings. The van der Waals surface area contributed by atoms with Crippen molar-refractivity contribution in [2.24, 2.45) is 0 Å². The van der Waals surface area contributed by atoms with Gasteiger partial charge in [-0.25, -0.2) is 0 Å². The average Bonchev–Trinajstić information content (AvgIpc) is 2.19. The molecule has 90 valence electrons. The van der Waals surface area contributed by atoms with E-state index in [1.807, 2.05) is 6.26 Å². The van der Waals surface area contributed by atoms with Crippen molar-refractivity contribution < 1.29 is 22.6 Å². The third kappa shape index (κ3) is 3.84. The summed E-state index contributed by atoms with van der Waals surface area (Å²) in [6.07, 6.45) is -2.87. The Morgan fingerprint density at radius 1 is 1.25 bits per heavy atom. The van der Waals surface area contributed by atoms with Crippen LogP contribution in [-0.2, 0) is 0 Å². The van der Waals surface area contributed by atoms with Gasteiger partial charge in [0.1, 0.15) is 0 Å². The SMILES string of the molecule is CCOc1cc(SC)ccc1OC(F)(F)F. The molecule has 0 saturated heterocycles. The molecule has 0 aliphatic carbocycles. The third-order valence-electron chi connectivity index (χ3n) is 1.68. The molecule has 0 aliphatic rings. The summed E-state index contributed by atoms with van der Waals surface area (Å²) in [4.78, 5) is 0.818. The summed E-state index contributed by atoms with van der Waals surface area (Å²) in [6.45, 7) is 1.98. The summed E-state index contributed by atoms with van der Waals surface area (Å²) in [5, 5.41) is 0. The summed E-state index contributed by atoms with van der Waals surface area (Å²) in [7, 11) is 0. The summed E-state index contributed by atoms with van der Waals surface area (Å²) < 4.78 is 45.1. The Labute approximate surface area is 95.7 Å². The molecule has 0 heterocycles. The van der Waals surface area contributed by atoms with E-state index in [-0.39, 0.29) is 18.1 Å². The highest BCUT2D eigenvalue weighted by atomic mass is 32.2. The van der Waals surface area contributed by atoms with E-state index in [2.05, 4.69) is 4.74 Å². The second-order valence-electron chi connectivity index (χ2n) is 2.79. The molecule has 2 nitrogen and oxygen atoms in total. The van der Waals surface area contributed by atoms with Crippen molar-refractivity contribution in [1.29, 1.82) is 0 Å². The van der Waals surface area contributed by atoms with Crippen molar-refractivity contribution in [3.8, 4) is 11.5 Å². The molecule has 1 aromatic carbocycles. The minimum atomic E-state index is -4.70. The van der Waals surface area contributed by atoms with Crippen molar-refractivity contribution in [3.63, 3.8) is 0 Å². The molecule has 0 N–H and O–H groups in total. The Hall–Kier alpha value is -1.04. The van der Waals surface area contributed by atoms with Crippen molar-refractivity contribution in [3.05, 3.63) is 18.2 Å². The highest BCUT2D eigenvalue weighted by Crippen LogP contribution is 2.35. The number of hydrogen-bond donors (Lipinski definition) is 0. The molecule has 0 amide bonds. The molecule has 0 unspecified atom stereocenters. The largest absolute Gasteiger partial charge is 0.573 e. The normalized spacial score (nSPS) is 11.3. The molecule has 6 heteroatoms. The molecule has 0 atom stereocenters. The van der Waals surface area contributed by atoms with Gasteiger partial charge in [-0.05, 0) is 31.4 Å². The van der Waals surface area contributed by atoms with E-state index in [1.54, 1.807) is 13.0 Å². The summed E-state index contributed by atoms with van der Waals surface area (Å²) in [6, 6.07) is 4.33. The molecule has 0 saturated carbocycles. The number of alkyl halides is 3. The van der Waals surface area contributed by atoms with Gasteiger partial charge in [0.15, 0.2) is 11.5 Å². The summed E-state index contributed by atoms with van der Waals surface area (Å²) in [5.41, 5.74) is 0. The molecule has 0 aromatic heterocycles. The lowest BCUT2D eigenvalue weighted by atomic mass is 10.3. The molecule has 0 bridgehead atoms. The van der Waals surface area contributed by atoms with Gasteiger partial charge in [-0.15, -0.1) is 24.9 Å². The minimum absolute atomic E-state index is 0.103. The van der Waals surface area contributed by atoms with Crippen molar-refractivity contribution in [2.45, 2.75) is 18.2 Å². The number of benzene rings is 1. The van der Waals surface area contributed by atoms with Crippen molar-refractivity contribution >= 4 is 11.8 Å². The van der Waals surface area contributed by atoms with E-state index < -0.39 is 6.36 Å². The Morgan fingerprint density at radius 3 is 2.44 bits per heavy atom. The fourth-order valence-electron chi connectivity index (χ4n) is 1.09. The predicted molar refractivity (Wildman–Crippen MR) is 56.1 cm³/mol. The molecule has 16 heavy (non-hydrogen) atoms. The maximum absolute atomic E-state index is 12.1. The van der Waals surface area contributed by atoms with Gasteiger partial charge in [-0.3, -0.25) is 0 Å². The van der Waals surface area contributed by atoms with E-state index >= 15 is 0 Å². The van der Waals surface area contributed by atoms with Crippen molar-refractivity contribution in [2.75, 3.05) is 12.9 Å². The van der Waals surface area contributed by atoms with Gasteiger partial charge < -0.3 is 9.47 Å². The number of thioether (sulfide) groups is 1. The zero-order valence-corrected chi connectivity index (χ0v) is 9.61. The maximum Gasteiger partial charge on any atom is 0.573 e. The summed E-state index contributed by atoms with van der Waals surface area (Å²) in [5.74, 6) is -0.209. The van der Waals surface area contributed by atoms with Gasteiger partial charge in [0.2, 0.25) is 0 Å². The highest BCUT2D eigenvalue weighted by molar-refractivity contribution is 7.98. The fraction of sp³-hybridized carbons (Fsp3) is 0.400. The van der Waals surface area contributed by atoms with Gasteiger partial charge in [0.05, 0.1) is 6.61 Å². The number of hydrogen-bond acceptors (Lipinski definition) is 3. The Morgan fingerprint density at radius 2 is 1.94 bits per heavy atom. The Kier molecular flexibility index (Phi) is 4.35. The molecule has 0 radical (unpaired) electrons. The van der Waals surface area contributed by atoms with Crippen LogP contribution < -0.4 is 9.47 Å². The number of rotatable bonds is 4. The van der Waals surface area contributed by atoms with Crippen LogP contribution in [0.4, 0.5) is 13.2 Å². The molecule has 0 fully saturated rings. The molecular weight excluding hydrogens is 241 g/mol. The van der Waals surface area contributed by atoms with Crippen LogP contribution in [0.15, 0.2) is 23.1 Å². The van der Waals surface area contributed by atoms with Gasteiger partial charge in [0.25, 0.3) is 0 Å². The van der Waals surface area contributed by atoms with Crippen LogP contribution in [0.5, 0.6) is 11.5 Å². The Bertz CT molecular complexity index is 352. The Balaban J connectivity index is 2.98.